The summed E-state index contributed by atoms with van der Waals surface area (Å²) in [5.74, 6) is -0.408. The molecule has 0 radical (unpaired) electrons. The van der Waals surface area contributed by atoms with Crippen LogP contribution in [0.4, 0.5) is 0 Å². The van der Waals surface area contributed by atoms with Gasteiger partial charge in [-0.05, 0) is 26.0 Å². The van der Waals surface area contributed by atoms with Crippen molar-refractivity contribution < 1.29 is 19.1 Å². The van der Waals surface area contributed by atoms with E-state index in [4.69, 9.17) is 4.74 Å². The molecule has 0 saturated carbocycles. The van der Waals surface area contributed by atoms with E-state index in [1.54, 1.807) is 38.1 Å². The molecule has 0 aliphatic rings. The van der Waals surface area contributed by atoms with Crippen LogP contribution >= 0.6 is 0 Å². The summed E-state index contributed by atoms with van der Waals surface area (Å²) in [6, 6.07) is 8.79. The number of hydrogen-bond acceptors (Lipinski definition) is 4. The van der Waals surface area contributed by atoms with Crippen molar-refractivity contribution >= 4 is 11.9 Å². The average molecular weight is 260 g/mol. The molecule has 4 heteroatoms. The highest BCUT2D eigenvalue weighted by molar-refractivity contribution is 5.91. The topological polar surface area (TPSA) is 52.6 Å². The van der Waals surface area contributed by atoms with Crippen LogP contribution in [-0.2, 0) is 14.3 Å². The van der Waals surface area contributed by atoms with Crippen LogP contribution in [0, 0.1) is 0 Å². The molecule has 1 aromatic rings. The number of methoxy groups -OCH3 is 1. The summed E-state index contributed by atoms with van der Waals surface area (Å²) in [4.78, 5) is 22.9. The Kier molecular flexibility index (Phi) is 5.54. The van der Waals surface area contributed by atoms with Gasteiger partial charge in [0.2, 0.25) is 0 Å². The third kappa shape index (κ3) is 4.79. The van der Waals surface area contributed by atoms with Gasteiger partial charge in [-0.2, -0.15) is 0 Å². The van der Waals surface area contributed by atoms with E-state index < -0.39 is 11.9 Å². The van der Waals surface area contributed by atoms with Gasteiger partial charge in [-0.25, -0.2) is 9.59 Å². The molecule has 0 atom stereocenters. The first-order chi connectivity index (χ1) is 9.04. The quantitative estimate of drug-likeness (QED) is 0.361. The van der Waals surface area contributed by atoms with Gasteiger partial charge in [-0.15, -0.1) is 0 Å². The monoisotopic (exact) mass is 260 g/mol. The summed E-state index contributed by atoms with van der Waals surface area (Å²) < 4.78 is 9.69. The molecule has 0 aromatic heterocycles. The van der Waals surface area contributed by atoms with E-state index in [2.05, 4.69) is 4.74 Å². The zero-order valence-electron chi connectivity index (χ0n) is 11.2. The number of ether oxygens (including phenoxy) is 2. The normalized spacial score (nSPS) is 11.9. The summed E-state index contributed by atoms with van der Waals surface area (Å²) in [6.45, 7) is 3.23. The van der Waals surface area contributed by atoms with Crippen molar-refractivity contribution in [2.45, 2.75) is 13.8 Å². The zero-order chi connectivity index (χ0) is 14.3. The zero-order valence-corrected chi connectivity index (χ0v) is 11.2. The minimum absolute atomic E-state index is 0.395. The molecule has 1 rings (SSSR count). The summed E-state index contributed by atoms with van der Waals surface area (Å²) in [5.41, 5.74) is 0.807. The predicted molar refractivity (Wildman–Crippen MR) is 71.6 cm³/mol. The van der Waals surface area contributed by atoms with Gasteiger partial charge in [0.05, 0.1) is 7.11 Å². The van der Waals surface area contributed by atoms with Crippen molar-refractivity contribution in [1.82, 2.24) is 0 Å². The van der Waals surface area contributed by atoms with E-state index in [1.165, 1.54) is 19.3 Å². The van der Waals surface area contributed by atoms with Gasteiger partial charge in [0.15, 0.2) is 0 Å². The molecule has 0 amide bonds. The van der Waals surface area contributed by atoms with Crippen LogP contribution in [0.2, 0.25) is 0 Å². The molecular weight excluding hydrogens is 244 g/mol. The van der Waals surface area contributed by atoms with Gasteiger partial charge in [0.25, 0.3) is 0 Å². The van der Waals surface area contributed by atoms with Gasteiger partial charge in [0.1, 0.15) is 5.75 Å². The number of allylic oxidation sites excluding steroid dienone is 2. The molecule has 19 heavy (non-hydrogen) atoms. The number of carbonyl (C=O) groups is 2. The molecule has 0 fully saturated rings. The SMILES string of the molecule is COC(=O)C(C)=CC=C(C)C(=O)Oc1ccccc1. The lowest BCUT2D eigenvalue weighted by Gasteiger charge is -2.03. The maximum absolute atomic E-state index is 11.7. The molecular formula is C15H16O4. The fraction of sp³-hybridized carbons (Fsp3) is 0.200. The van der Waals surface area contributed by atoms with Gasteiger partial charge in [-0.1, -0.05) is 30.4 Å². The maximum atomic E-state index is 11.7. The van der Waals surface area contributed by atoms with E-state index in [0.717, 1.165) is 0 Å². The van der Waals surface area contributed by atoms with E-state index in [0.29, 0.717) is 16.9 Å². The van der Waals surface area contributed by atoms with E-state index >= 15 is 0 Å². The lowest BCUT2D eigenvalue weighted by Crippen LogP contribution is -2.09. The number of carbonyl (C=O) groups excluding carboxylic acids is 2. The van der Waals surface area contributed by atoms with E-state index in [1.807, 2.05) is 6.07 Å². The molecule has 4 nitrogen and oxygen atoms in total. The first-order valence-electron chi connectivity index (χ1n) is 5.75. The van der Waals surface area contributed by atoms with Crippen molar-refractivity contribution in [1.29, 1.82) is 0 Å². The molecule has 0 saturated heterocycles. The van der Waals surface area contributed by atoms with Crippen LogP contribution < -0.4 is 4.74 Å². The minimum Gasteiger partial charge on any atom is -0.466 e. The molecule has 100 valence electrons. The number of esters is 2. The van der Waals surface area contributed by atoms with Crippen LogP contribution in [0.3, 0.4) is 0 Å². The molecule has 0 unspecified atom stereocenters. The first-order valence-corrected chi connectivity index (χ1v) is 5.75. The second kappa shape index (κ2) is 7.16. The largest absolute Gasteiger partial charge is 0.466 e. The molecule has 0 aliphatic carbocycles. The molecule has 1 aromatic carbocycles. The highest BCUT2D eigenvalue weighted by Gasteiger charge is 2.07. The Bertz CT molecular complexity index is 512. The third-order valence-corrected chi connectivity index (χ3v) is 2.37. The number of benzene rings is 1. The van der Waals surface area contributed by atoms with Crippen molar-refractivity contribution in [3.05, 3.63) is 53.6 Å². The summed E-state index contributed by atoms with van der Waals surface area (Å²) in [6.07, 6.45) is 3.05. The Labute approximate surface area is 112 Å². The average Bonchev–Trinajstić information content (AvgIpc) is 2.44. The van der Waals surface area contributed by atoms with Crippen molar-refractivity contribution in [2.24, 2.45) is 0 Å². The maximum Gasteiger partial charge on any atom is 0.339 e. The third-order valence-electron chi connectivity index (χ3n) is 2.37. The highest BCUT2D eigenvalue weighted by Crippen LogP contribution is 2.11. The fourth-order valence-electron chi connectivity index (χ4n) is 1.22. The Morgan fingerprint density at radius 2 is 1.47 bits per heavy atom. The predicted octanol–water partition coefficient (Wildman–Crippen LogP) is 2.66. The summed E-state index contributed by atoms with van der Waals surface area (Å²) >= 11 is 0. The van der Waals surface area contributed by atoms with Crippen LogP contribution in [0.5, 0.6) is 5.75 Å². The Morgan fingerprint density at radius 3 is 2.00 bits per heavy atom. The second-order valence-electron chi connectivity index (χ2n) is 3.89. The first kappa shape index (κ1) is 14.7. The summed E-state index contributed by atoms with van der Waals surface area (Å²) in [5, 5.41) is 0. The standard InChI is InChI=1S/C15H16O4/c1-11(14(16)18-3)9-10-12(2)15(17)19-13-7-5-4-6-8-13/h4-10H,1-3H3. The molecule has 0 spiro atoms. The van der Waals surface area contributed by atoms with Gasteiger partial charge in [0, 0.05) is 11.1 Å². The fourth-order valence-corrected chi connectivity index (χ4v) is 1.22. The minimum atomic E-state index is -0.458. The Hall–Kier alpha value is -2.36. The highest BCUT2D eigenvalue weighted by atomic mass is 16.5. The van der Waals surface area contributed by atoms with Crippen LogP contribution in [-0.4, -0.2) is 19.0 Å². The lowest BCUT2D eigenvalue weighted by atomic mass is 10.2. The van der Waals surface area contributed by atoms with Gasteiger partial charge in [-0.3, -0.25) is 0 Å². The van der Waals surface area contributed by atoms with Gasteiger partial charge >= 0.3 is 11.9 Å². The van der Waals surface area contributed by atoms with E-state index in [-0.39, 0.29) is 0 Å². The second-order valence-corrected chi connectivity index (χ2v) is 3.89. The number of hydrogen-bond donors (Lipinski definition) is 0. The molecule has 0 aliphatic heterocycles. The Balaban J connectivity index is 2.70. The van der Waals surface area contributed by atoms with Crippen LogP contribution in [0.25, 0.3) is 0 Å². The van der Waals surface area contributed by atoms with Crippen molar-refractivity contribution in [3.8, 4) is 5.75 Å². The van der Waals surface area contributed by atoms with Gasteiger partial charge < -0.3 is 9.47 Å². The Morgan fingerprint density at radius 1 is 0.947 bits per heavy atom. The number of para-hydroxylation sites is 1. The van der Waals surface area contributed by atoms with Crippen molar-refractivity contribution in [2.75, 3.05) is 7.11 Å². The smallest absolute Gasteiger partial charge is 0.339 e. The van der Waals surface area contributed by atoms with Crippen LogP contribution in [0.1, 0.15) is 13.8 Å². The van der Waals surface area contributed by atoms with Crippen LogP contribution in [0.15, 0.2) is 53.6 Å². The molecule has 0 bridgehead atoms. The number of rotatable bonds is 4. The van der Waals surface area contributed by atoms with Crippen molar-refractivity contribution in [3.63, 3.8) is 0 Å². The molecule has 0 heterocycles. The van der Waals surface area contributed by atoms with E-state index in [9.17, 15) is 9.59 Å². The summed E-state index contributed by atoms with van der Waals surface area (Å²) in [7, 11) is 1.31. The lowest BCUT2D eigenvalue weighted by molar-refractivity contribution is -0.136. The molecule has 0 N–H and O–H groups in total.